The van der Waals surface area contributed by atoms with Gasteiger partial charge in [-0.05, 0) is 6.07 Å². The molecule has 0 atom stereocenters. The van der Waals surface area contributed by atoms with Gasteiger partial charge in [0.25, 0.3) is 0 Å². The monoisotopic (exact) mass is 294 g/mol. The van der Waals surface area contributed by atoms with Gasteiger partial charge in [0.1, 0.15) is 23.6 Å². The molecule has 0 amide bonds. The average Bonchev–Trinajstić information content (AvgIpc) is 2.94. The number of guanidine groups is 1. The first-order valence-corrected chi connectivity index (χ1v) is 6.35. The fraction of sp³-hybridized carbons (Fsp3) is 0.286. The van der Waals surface area contributed by atoms with E-state index >= 15 is 0 Å². The highest BCUT2D eigenvalue weighted by atomic mass is 19.1. The minimum atomic E-state index is -0.594. The molecule has 0 aliphatic heterocycles. The second-order valence-corrected chi connectivity index (χ2v) is 4.48. The Bertz CT molecular complexity index is 613. The molecular weight excluding hydrogens is 278 g/mol. The van der Waals surface area contributed by atoms with Gasteiger partial charge in [-0.3, -0.25) is 4.99 Å². The van der Waals surface area contributed by atoms with Gasteiger partial charge in [0.05, 0.1) is 6.54 Å². The Kier molecular flexibility index (Phi) is 4.86. The highest BCUT2D eigenvalue weighted by molar-refractivity contribution is 5.79. The maximum Gasteiger partial charge on any atom is 0.194 e. The van der Waals surface area contributed by atoms with Crippen molar-refractivity contribution < 1.29 is 13.3 Å². The van der Waals surface area contributed by atoms with Crippen LogP contribution in [-0.2, 0) is 13.1 Å². The van der Waals surface area contributed by atoms with Gasteiger partial charge < -0.3 is 14.7 Å². The molecule has 1 aromatic carbocycles. The fourth-order valence-corrected chi connectivity index (χ4v) is 1.86. The van der Waals surface area contributed by atoms with Crippen molar-refractivity contribution in [3.8, 4) is 0 Å². The summed E-state index contributed by atoms with van der Waals surface area (Å²) in [6.07, 6.45) is 1.49. The number of hydrogen-bond acceptors (Lipinski definition) is 3. The lowest BCUT2D eigenvalue weighted by Crippen LogP contribution is -2.38. The van der Waals surface area contributed by atoms with Crippen molar-refractivity contribution in [2.24, 2.45) is 4.99 Å². The number of aromatic nitrogens is 1. The molecule has 0 unspecified atom stereocenters. The summed E-state index contributed by atoms with van der Waals surface area (Å²) in [7, 11) is 3.45. The summed E-state index contributed by atoms with van der Waals surface area (Å²) in [6, 6.07) is 5.24. The van der Waals surface area contributed by atoms with Crippen LogP contribution in [0.5, 0.6) is 0 Å². The summed E-state index contributed by atoms with van der Waals surface area (Å²) in [5.41, 5.74) is 1.13. The van der Waals surface area contributed by atoms with Gasteiger partial charge in [-0.2, -0.15) is 0 Å². The number of halogens is 2. The zero-order valence-electron chi connectivity index (χ0n) is 11.8. The van der Waals surface area contributed by atoms with Crippen LogP contribution in [0.15, 0.2) is 40.0 Å². The largest absolute Gasteiger partial charge is 0.364 e. The molecule has 5 nitrogen and oxygen atoms in total. The van der Waals surface area contributed by atoms with Crippen LogP contribution in [0, 0.1) is 11.6 Å². The van der Waals surface area contributed by atoms with Crippen LogP contribution in [0.4, 0.5) is 8.78 Å². The summed E-state index contributed by atoms with van der Waals surface area (Å²) in [4.78, 5) is 5.93. The van der Waals surface area contributed by atoms with Crippen LogP contribution in [0.1, 0.15) is 11.3 Å². The Morgan fingerprint density at radius 3 is 2.81 bits per heavy atom. The molecule has 0 bridgehead atoms. The molecule has 2 rings (SSSR count). The second-order valence-electron chi connectivity index (χ2n) is 4.48. The smallest absolute Gasteiger partial charge is 0.194 e. The molecule has 0 aliphatic carbocycles. The molecule has 0 aliphatic rings. The molecule has 0 fully saturated rings. The first-order chi connectivity index (χ1) is 10.1. The summed E-state index contributed by atoms with van der Waals surface area (Å²) >= 11 is 0. The minimum absolute atomic E-state index is 0.210. The zero-order chi connectivity index (χ0) is 15.2. The van der Waals surface area contributed by atoms with E-state index in [1.165, 1.54) is 18.4 Å². The van der Waals surface area contributed by atoms with Gasteiger partial charge >= 0.3 is 0 Å². The molecular formula is C14H16F2N4O. The van der Waals surface area contributed by atoms with Crippen LogP contribution < -0.4 is 5.32 Å². The topological polar surface area (TPSA) is 53.7 Å². The number of nitrogens with one attached hydrogen (secondary N) is 1. The lowest BCUT2D eigenvalue weighted by atomic mass is 10.2. The van der Waals surface area contributed by atoms with E-state index in [9.17, 15) is 8.78 Å². The molecule has 2 aromatic rings. The van der Waals surface area contributed by atoms with Crippen LogP contribution in [-0.4, -0.2) is 30.1 Å². The van der Waals surface area contributed by atoms with E-state index < -0.39 is 11.6 Å². The number of nitrogens with zero attached hydrogens (tertiary/aromatic N) is 3. The maximum atomic E-state index is 13.6. The van der Waals surface area contributed by atoms with Gasteiger partial charge in [0, 0.05) is 38.3 Å². The van der Waals surface area contributed by atoms with E-state index in [1.807, 2.05) is 11.9 Å². The van der Waals surface area contributed by atoms with Gasteiger partial charge in [-0.1, -0.05) is 11.2 Å². The molecule has 0 saturated heterocycles. The SMILES string of the molecule is CN=C(NCc1ccc(F)cc1F)N(C)Cc1ccon1. The van der Waals surface area contributed by atoms with E-state index in [0.29, 0.717) is 18.1 Å². The number of aliphatic imine (C=N–C) groups is 1. The highest BCUT2D eigenvalue weighted by Crippen LogP contribution is 2.09. The Morgan fingerprint density at radius 1 is 1.38 bits per heavy atom. The third-order valence-corrected chi connectivity index (χ3v) is 2.92. The average molecular weight is 294 g/mol. The molecule has 1 aromatic heterocycles. The summed E-state index contributed by atoms with van der Waals surface area (Å²) in [5, 5.41) is 6.83. The molecule has 0 radical (unpaired) electrons. The van der Waals surface area contributed by atoms with Gasteiger partial charge in [-0.15, -0.1) is 0 Å². The molecule has 0 saturated carbocycles. The summed E-state index contributed by atoms with van der Waals surface area (Å²) in [6.45, 7) is 0.712. The van der Waals surface area contributed by atoms with Crippen molar-refractivity contribution in [3.63, 3.8) is 0 Å². The van der Waals surface area contributed by atoms with Crippen LogP contribution in [0.25, 0.3) is 0 Å². The summed E-state index contributed by atoms with van der Waals surface area (Å²) < 4.78 is 31.2. The third-order valence-electron chi connectivity index (χ3n) is 2.92. The quantitative estimate of drug-likeness (QED) is 0.693. The van der Waals surface area contributed by atoms with Crippen LogP contribution in [0.3, 0.4) is 0 Å². The molecule has 1 N–H and O–H groups in total. The lowest BCUT2D eigenvalue weighted by molar-refractivity contribution is 0.391. The Labute approximate surface area is 121 Å². The van der Waals surface area contributed by atoms with E-state index in [0.717, 1.165) is 11.8 Å². The Balaban J connectivity index is 1.96. The molecule has 112 valence electrons. The number of hydrogen-bond donors (Lipinski definition) is 1. The fourth-order valence-electron chi connectivity index (χ4n) is 1.86. The van der Waals surface area contributed by atoms with Gasteiger partial charge in [0.15, 0.2) is 5.96 Å². The van der Waals surface area contributed by atoms with E-state index in [2.05, 4.69) is 15.5 Å². The number of rotatable bonds is 4. The van der Waals surface area contributed by atoms with Crippen LogP contribution in [0.2, 0.25) is 0 Å². The van der Waals surface area contributed by atoms with E-state index in [4.69, 9.17) is 4.52 Å². The van der Waals surface area contributed by atoms with Crippen molar-refractivity contribution in [2.45, 2.75) is 13.1 Å². The molecule has 7 heteroatoms. The molecule has 0 spiro atoms. The maximum absolute atomic E-state index is 13.6. The first-order valence-electron chi connectivity index (χ1n) is 6.35. The second kappa shape index (κ2) is 6.83. The molecule has 1 heterocycles. The summed E-state index contributed by atoms with van der Waals surface area (Å²) in [5.74, 6) is -0.609. The zero-order valence-corrected chi connectivity index (χ0v) is 11.8. The Morgan fingerprint density at radius 2 is 2.19 bits per heavy atom. The van der Waals surface area contributed by atoms with E-state index in [1.54, 1.807) is 13.1 Å². The van der Waals surface area contributed by atoms with Gasteiger partial charge in [0.2, 0.25) is 0 Å². The third kappa shape index (κ3) is 4.01. The van der Waals surface area contributed by atoms with Crippen molar-refractivity contribution >= 4 is 5.96 Å². The van der Waals surface area contributed by atoms with Crippen LogP contribution >= 0.6 is 0 Å². The van der Waals surface area contributed by atoms with Gasteiger partial charge in [-0.25, -0.2) is 8.78 Å². The first kappa shape index (κ1) is 15.0. The van der Waals surface area contributed by atoms with Crippen molar-refractivity contribution in [1.29, 1.82) is 0 Å². The van der Waals surface area contributed by atoms with Crippen molar-refractivity contribution in [2.75, 3.05) is 14.1 Å². The lowest BCUT2D eigenvalue weighted by Gasteiger charge is -2.21. The predicted molar refractivity (Wildman–Crippen MR) is 74.5 cm³/mol. The Hall–Kier alpha value is -2.44. The number of benzene rings is 1. The molecule has 21 heavy (non-hydrogen) atoms. The standard InChI is InChI=1S/C14H16F2N4O/c1-17-14(20(2)9-12-5-6-21-19-12)18-8-10-3-4-11(15)7-13(10)16/h3-7H,8-9H2,1-2H3,(H,17,18). The van der Waals surface area contributed by atoms with E-state index in [-0.39, 0.29) is 6.54 Å². The van der Waals surface area contributed by atoms with Crippen molar-refractivity contribution in [3.05, 3.63) is 53.4 Å². The highest BCUT2D eigenvalue weighted by Gasteiger charge is 2.10. The van der Waals surface area contributed by atoms with Crippen molar-refractivity contribution in [1.82, 2.24) is 15.4 Å². The minimum Gasteiger partial charge on any atom is -0.364 e. The predicted octanol–water partition coefficient (Wildman–Crippen LogP) is 2.16. The normalized spacial score (nSPS) is 11.5.